The zero-order valence-electron chi connectivity index (χ0n) is 12.9. The number of nitro groups is 1. The topological polar surface area (TPSA) is 85.6 Å². The van der Waals surface area contributed by atoms with Gasteiger partial charge in [-0.1, -0.05) is 6.92 Å². The highest BCUT2D eigenvalue weighted by atomic mass is 16.6. The Kier molecular flexibility index (Phi) is 6.23. The number of nitrogens with zero attached hydrogens (tertiary/aromatic N) is 3. The summed E-state index contributed by atoms with van der Waals surface area (Å²) in [6.45, 7) is 8.50. The number of carbonyl (C=O) groups excluding carboxylic acids is 1. The predicted molar refractivity (Wildman–Crippen MR) is 77.9 cm³/mol. The second-order valence-electron chi connectivity index (χ2n) is 4.73. The van der Waals surface area contributed by atoms with Crippen molar-refractivity contribution < 1.29 is 14.5 Å². The lowest BCUT2D eigenvalue weighted by atomic mass is 10.1. The molecule has 1 aromatic heterocycles. The summed E-state index contributed by atoms with van der Waals surface area (Å²) in [5, 5.41) is 11.1. The molecule has 0 unspecified atom stereocenters. The molecule has 1 aromatic rings. The highest BCUT2D eigenvalue weighted by Gasteiger charge is 2.20. The van der Waals surface area contributed by atoms with Crippen molar-refractivity contribution in [2.75, 3.05) is 19.7 Å². The first-order chi connectivity index (χ1) is 9.90. The van der Waals surface area contributed by atoms with Crippen molar-refractivity contribution in [1.82, 2.24) is 9.88 Å². The molecule has 0 saturated heterocycles. The number of aryl methyl sites for hydroxylation is 1. The fourth-order valence-electron chi connectivity index (χ4n) is 2.09. The molecule has 0 bridgehead atoms. The average Bonchev–Trinajstić information content (AvgIpc) is 2.40. The van der Waals surface area contributed by atoms with Crippen LogP contribution in [0.15, 0.2) is 6.20 Å². The lowest BCUT2D eigenvalue weighted by molar-refractivity contribution is -0.386. The molecule has 0 fully saturated rings. The van der Waals surface area contributed by atoms with Crippen molar-refractivity contribution in [1.29, 1.82) is 0 Å². The largest absolute Gasteiger partial charge is 0.465 e. The maximum atomic E-state index is 11.5. The molecule has 0 amide bonds. The van der Waals surface area contributed by atoms with Crippen LogP contribution in [0.25, 0.3) is 0 Å². The van der Waals surface area contributed by atoms with Crippen molar-refractivity contribution >= 4 is 11.7 Å². The maximum absolute atomic E-state index is 11.5. The lowest BCUT2D eigenvalue weighted by Crippen LogP contribution is -2.31. The first-order valence-corrected chi connectivity index (χ1v) is 6.88. The van der Waals surface area contributed by atoms with E-state index in [1.807, 2.05) is 11.8 Å². The van der Waals surface area contributed by atoms with Gasteiger partial charge >= 0.3 is 5.97 Å². The molecule has 1 heterocycles. The van der Waals surface area contributed by atoms with Crippen LogP contribution < -0.4 is 0 Å². The summed E-state index contributed by atoms with van der Waals surface area (Å²) in [4.78, 5) is 28.3. The Balaban J connectivity index is 2.93. The van der Waals surface area contributed by atoms with Crippen molar-refractivity contribution in [3.8, 4) is 0 Å². The zero-order chi connectivity index (χ0) is 16.0. The highest BCUT2D eigenvalue weighted by molar-refractivity contribution is 5.71. The van der Waals surface area contributed by atoms with E-state index in [1.54, 1.807) is 20.8 Å². The lowest BCUT2D eigenvalue weighted by Gasteiger charge is -2.19. The van der Waals surface area contributed by atoms with E-state index >= 15 is 0 Å². The number of pyridine rings is 1. The van der Waals surface area contributed by atoms with Crippen LogP contribution in [-0.4, -0.2) is 40.5 Å². The van der Waals surface area contributed by atoms with Crippen LogP contribution in [-0.2, 0) is 16.1 Å². The van der Waals surface area contributed by atoms with E-state index in [9.17, 15) is 14.9 Å². The van der Waals surface area contributed by atoms with Gasteiger partial charge in [0, 0.05) is 23.9 Å². The van der Waals surface area contributed by atoms with E-state index in [0.717, 1.165) is 0 Å². The predicted octanol–water partition coefficient (Wildman–Crippen LogP) is 1.99. The van der Waals surface area contributed by atoms with Gasteiger partial charge in [0.2, 0.25) is 0 Å². The van der Waals surface area contributed by atoms with E-state index in [0.29, 0.717) is 36.5 Å². The van der Waals surface area contributed by atoms with Gasteiger partial charge in [0.1, 0.15) is 0 Å². The van der Waals surface area contributed by atoms with Gasteiger partial charge in [-0.15, -0.1) is 0 Å². The quantitative estimate of drug-likeness (QED) is 0.434. The van der Waals surface area contributed by atoms with Crippen LogP contribution in [0.4, 0.5) is 5.69 Å². The number of carbonyl (C=O) groups is 1. The Morgan fingerprint density at radius 2 is 2.10 bits per heavy atom. The minimum Gasteiger partial charge on any atom is -0.465 e. The molecule has 0 saturated carbocycles. The second kappa shape index (κ2) is 7.68. The number of hydrogen-bond acceptors (Lipinski definition) is 6. The fourth-order valence-corrected chi connectivity index (χ4v) is 2.09. The normalized spacial score (nSPS) is 10.7. The summed E-state index contributed by atoms with van der Waals surface area (Å²) in [6.07, 6.45) is 1.50. The Labute approximate surface area is 124 Å². The Morgan fingerprint density at radius 3 is 2.62 bits per heavy atom. The second-order valence-corrected chi connectivity index (χ2v) is 4.73. The molecule has 0 spiro atoms. The van der Waals surface area contributed by atoms with Gasteiger partial charge in [0.15, 0.2) is 0 Å². The first kappa shape index (κ1) is 17.0. The number of ether oxygens (including phenoxy) is 1. The number of esters is 1. The Morgan fingerprint density at radius 1 is 1.43 bits per heavy atom. The smallest absolute Gasteiger partial charge is 0.320 e. The van der Waals surface area contributed by atoms with Gasteiger partial charge in [-0.2, -0.15) is 0 Å². The summed E-state index contributed by atoms with van der Waals surface area (Å²) in [6, 6.07) is 0. The molecule has 7 nitrogen and oxygen atoms in total. The molecule has 7 heteroatoms. The standard InChI is InChI=1S/C14H21N3O4/c1-5-16(9-13(18)21-6-2)8-12-11(4)14(17(19)20)10(3)7-15-12/h7H,5-6,8-9H2,1-4H3. The molecule has 0 aliphatic heterocycles. The van der Waals surface area contributed by atoms with Gasteiger partial charge in [-0.05, 0) is 27.3 Å². The third-order valence-corrected chi connectivity index (χ3v) is 3.24. The molecule has 0 aliphatic rings. The van der Waals surface area contributed by atoms with Crippen LogP contribution in [0.1, 0.15) is 30.7 Å². The van der Waals surface area contributed by atoms with Crippen molar-refractivity contribution in [3.05, 3.63) is 33.1 Å². The first-order valence-electron chi connectivity index (χ1n) is 6.88. The Hall–Kier alpha value is -2.02. The van der Waals surface area contributed by atoms with Gasteiger partial charge < -0.3 is 4.74 Å². The SMILES string of the molecule is CCOC(=O)CN(CC)Cc1ncc(C)c([N+](=O)[O-])c1C. The van der Waals surface area contributed by atoms with E-state index < -0.39 is 4.92 Å². The van der Waals surface area contributed by atoms with Crippen molar-refractivity contribution in [2.24, 2.45) is 0 Å². The van der Waals surface area contributed by atoms with Crippen LogP contribution >= 0.6 is 0 Å². The molecule has 21 heavy (non-hydrogen) atoms. The fraction of sp³-hybridized carbons (Fsp3) is 0.571. The van der Waals surface area contributed by atoms with Crippen LogP contribution in [0.2, 0.25) is 0 Å². The third kappa shape index (κ3) is 4.49. The van der Waals surface area contributed by atoms with Crippen molar-refractivity contribution in [2.45, 2.75) is 34.2 Å². The van der Waals surface area contributed by atoms with Gasteiger partial charge in [0.25, 0.3) is 5.69 Å². The maximum Gasteiger partial charge on any atom is 0.320 e. The minimum atomic E-state index is -0.391. The summed E-state index contributed by atoms with van der Waals surface area (Å²) in [7, 11) is 0. The molecular formula is C14H21N3O4. The van der Waals surface area contributed by atoms with E-state index in [1.165, 1.54) is 6.20 Å². The van der Waals surface area contributed by atoms with Gasteiger partial charge in [-0.25, -0.2) is 0 Å². The minimum absolute atomic E-state index is 0.0900. The van der Waals surface area contributed by atoms with E-state index in [-0.39, 0.29) is 18.2 Å². The molecule has 0 aliphatic carbocycles. The van der Waals surface area contributed by atoms with Crippen molar-refractivity contribution in [3.63, 3.8) is 0 Å². The molecular weight excluding hydrogens is 274 g/mol. The van der Waals surface area contributed by atoms with Crippen LogP contribution in [0.3, 0.4) is 0 Å². The van der Waals surface area contributed by atoms with Crippen LogP contribution in [0, 0.1) is 24.0 Å². The zero-order valence-corrected chi connectivity index (χ0v) is 12.9. The van der Waals surface area contributed by atoms with E-state index in [2.05, 4.69) is 4.98 Å². The van der Waals surface area contributed by atoms with Gasteiger partial charge in [0.05, 0.1) is 23.8 Å². The summed E-state index contributed by atoms with van der Waals surface area (Å²) < 4.78 is 4.91. The number of aromatic nitrogens is 1. The Bertz CT molecular complexity index is 531. The number of hydrogen-bond donors (Lipinski definition) is 0. The van der Waals surface area contributed by atoms with Gasteiger partial charge in [-0.3, -0.25) is 24.8 Å². The summed E-state index contributed by atoms with van der Waals surface area (Å²) >= 11 is 0. The molecule has 0 aromatic carbocycles. The summed E-state index contributed by atoms with van der Waals surface area (Å²) in [5.74, 6) is -0.307. The molecule has 0 atom stereocenters. The monoisotopic (exact) mass is 295 g/mol. The summed E-state index contributed by atoms with van der Waals surface area (Å²) in [5.41, 5.74) is 1.78. The van der Waals surface area contributed by atoms with Crippen LogP contribution in [0.5, 0.6) is 0 Å². The molecule has 1 rings (SSSR count). The van der Waals surface area contributed by atoms with E-state index in [4.69, 9.17) is 4.74 Å². The highest BCUT2D eigenvalue weighted by Crippen LogP contribution is 2.24. The third-order valence-electron chi connectivity index (χ3n) is 3.24. The number of rotatable bonds is 7. The molecule has 0 N–H and O–H groups in total. The average molecular weight is 295 g/mol. The molecule has 116 valence electrons. The molecule has 0 radical (unpaired) electrons. The number of likely N-dealkylation sites (N-methyl/N-ethyl adjacent to an activating group) is 1.